The molecule has 0 aliphatic rings. The maximum atomic E-state index is 13.7. The first-order valence-electron chi connectivity index (χ1n) is 6.60. The summed E-state index contributed by atoms with van der Waals surface area (Å²) in [5.41, 5.74) is 4.12. The van der Waals surface area contributed by atoms with Crippen LogP contribution in [0.4, 0.5) is 4.39 Å². The highest BCUT2D eigenvalue weighted by Gasteiger charge is 2.12. The summed E-state index contributed by atoms with van der Waals surface area (Å²) in [6.07, 6.45) is 0. The number of ether oxygens (including phenoxy) is 1. The Hall–Kier alpha value is -1.98. The predicted molar refractivity (Wildman–Crippen MR) is 83.9 cm³/mol. The number of rotatable bonds is 3. The molecule has 1 heterocycles. The standard InChI is InChI=1S/C16H15FN2OS/c1-10-7-15-13(8-12(10)17)18-16(21)19(15)14-6-4-3-5-11(14)9-20-2/h3-8H,9H2,1-2H3,(H,18,21). The molecule has 0 fully saturated rings. The SMILES string of the molecule is COCc1ccccc1-n1c(=S)[nH]c2cc(F)c(C)cc21. The van der Waals surface area contributed by atoms with Gasteiger partial charge in [-0.3, -0.25) is 4.57 Å². The van der Waals surface area contributed by atoms with Crippen LogP contribution < -0.4 is 0 Å². The van der Waals surface area contributed by atoms with Gasteiger partial charge in [-0.15, -0.1) is 0 Å². The van der Waals surface area contributed by atoms with Crippen LogP contribution in [0.1, 0.15) is 11.1 Å². The second-order valence-corrected chi connectivity index (χ2v) is 5.33. The number of nitrogens with one attached hydrogen (secondary N) is 1. The van der Waals surface area contributed by atoms with Crippen LogP contribution in [0.15, 0.2) is 36.4 Å². The number of nitrogens with zero attached hydrogens (tertiary/aromatic N) is 1. The fourth-order valence-corrected chi connectivity index (χ4v) is 2.78. The van der Waals surface area contributed by atoms with Crippen molar-refractivity contribution in [1.29, 1.82) is 0 Å². The zero-order valence-electron chi connectivity index (χ0n) is 11.8. The number of aromatic nitrogens is 2. The van der Waals surface area contributed by atoms with Crippen molar-refractivity contribution in [3.05, 3.63) is 58.1 Å². The Kier molecular flexibility index (Phi) is 3.61. The average molecular weight is 302 g/mol. The first-order valence-corrected chi connectivity index (χ1v) is 7.00. The van der Waals surface area contributed by atoms with E-state index in [0.29, 0.717) is 22.5 Å². The molecular weight excluding hydrogens is 287 g/mol. The van der Waals surface area contributed by atoms with Gasteiger partial charge in [0, 0.05) is 12.7 Å². The molecule has 3 aromatic rings. The van der Waals surface area contributed by atoms with E-state index < -0.39 is 0 Å². The molecule has 0 spiro atoms. The van der Waals surface area contributed by atoms with E-state index in [-0.39, 0.29) is 5.82 Å². The second kappa shape index (κ2) is 5.42. The highest BCUT2D eigenvalue weighted by atomic mass is 32.1. The summed E-state index contributed by atoms with van der Waals surface area (Å²) in [7, 11) is 1.66. The molecule has 0 radical (unpaired) electrons. The Balaban J connectivity index is 2.33. The largest absolute Gasteiger partial charge is 0.380 e. The van der Waals surface area contributed by atoms with Crippen molar-refractivity contribution in [2.75, 3.05) is 7.11 Å². The molecule has 0 aliphatic carbocycles. The number of para-hydroxylation sites is 1. The number of methoxy groups -OCH3 is 1. The van der Waals surface area contributed by atoms with Gasteiger partial charge in [0.15, 0.2) is 4.77 Å². The van der Waals surface area contributed by atoms with Gasteiger partial charge < -0.3 is 9.72 Å². The monoisotopic (exact) mass is 302 g/mol. The van der Waals surface area contributed by atoms with Crippen molar-refractivity contribution in [3.8, 4) is 5.69 Å². The summed E-state index contributed by atoms with van der Waals surface area (Å²) in [5.74, 6) is -0.240. The summed E-state index contributed by atoms with van der Waals surface area (Å²) < 4.78 is 21.4. The van der Waals surface area contributed by atoms with Crippen molar-refractivity contribution in [2.45, 2.75) is 13.5 Å². The van der Waals surface area contributed by atoms with Crippen LogP contribution in [0.2, 0.25) is 0 Å². The van der Waals surface area contributed by atoms with Crippen molar-refractivity contribution in [3.63, 3.8) is 0 Å². The van der Waals surface area contributed by atoms with E-state index >= 15 is 0 Å². The van der Waals surface area contributed by atoms with Crippen LogP contribution in [-0.2, 0) is 11.3 Å². The molecule has 0 aliphatic heterocycles. The topological polar surface area (TPSA) is 29.9 Å². The summed E-state index contributed by atoms with van der Waals surface area (Å²) in [4.78, 5) is 3.06. The maximum Gasteiger partial charge on any atom is 0.182 e. The van der Waals surface area contributed by atoms with Crippen LogP contribution in [0.25, 0.3) is 16.7 Å². The molecule has 3 rings (SSSR count). The van der Waals surface area contributed by atoms with Gasteiger partial charge in [0.1, 0.15) is 5.82 Å². The van der Waals surface area contributed by atoms with Crippen molar-refractivity contribution >= 4 is 23.3 Å². The molecule has 0 saturated carbocycles. The Labute approximate surface area is 127 Å². The van der Waals surface area contributed by atoms with E-state index in [9.17, 15) is 4.39 Å². The van der Waals surface area contributed by atoms with Crippen LogP contribution in [0.5, 0.6) is 0 Å². The fraction of sp³-hybridized carbons (Fsp3) is 0.188. The normalized spacial score (nSPS) is 11.2. The molecule has 0 atom stereocenters. The Morgan fingerprint density at radius 3 is 2.81 bits per heavy atom. The molecule has 5 heteroatoms. The fourth-order valence-electron chi connectivity index (χ4n) is 2.48. The molecule has 0 unspecified atom stereocenters. The summed E-state index contributed by atoms with van der Waals surface area (Å²) in [6, 6.07) is 11.2. The zero-order chi connectivity index (χ0) is 15.0. The third-order valence-electron chi connectivity index (χ3n) is 3.49. The van der Waals surface area contributed by atoms with Crippen molar-refractivity contribution in [2.24, 2.45) is 0 Å². The van der Waals surface area contributed by atoms with E-state index in [0.717, 1.165) is 16.8 Å². The molecule has 1 aromatic heterocycles. The summed E-state index contributed by atoms with van der Waals surface area (Å²) in [6.45, 7) is 2.24. The summed E-state index contributed by atoms with van der Waals surface area (Å²) >= 11 is 5.41. The van der Waals surface area contributed by atoms with Gasteiger partial charge in [0.25, 0.3) is 0 Å². The molecule has 1 N–H and O–H groups in total. The van der Waals surface area contributed by atoms with Crippen LogP contribution >= 0.6 is 12.2 Å². The van der Waals surface area contributed by atoms with Crippen LogP contribution in [0, 0.1) is 17.5 Å². The lowest BCUT2D eigenvalue weighted by Gasteiger charge is -2.11. The van der Waals surface area contributed by atoms with Gasteiger partial charge in [-0.1, -0.05) is 18.2 Å². The van der Waals surface area contributed by atoms with E-state index in [1.54, 1.807) is 20.1 Å². The Morgan fingerprint density at radius 1 is 1.29 bits per heavy atom. The molecule has 108 valence electrons. The number of benzene rings is 2. The number of fused-ring (bicyclic) bond motifs is 1. The molecular formula is C16H15FN2OS. The average Bonchev–Trinajstić information content (AvgIpc) is 2.76. The molecule has 0 amide bonds. The van der Waals surface area contributed by atoms with Gasteiger partial charge in [0.05, 0.1) is 23.3 Å². The minimum Gasteiger partial charge on any atom is -0.380 e. The molecule has 0 bridgehead atoms. The van der Waals surface area contributed by atoms with Crippen LogP contribution in [-0.4, -0.2) is 16.7 Å². The van der Waals surface area contributed by atoms with E-state index in [2.05, 4.69) is 4.98 Å². The molecule has 21 heavy (non-hydrogen) atoms. The van der Waals surface area contributed by atoms with Crippen LogP contribution in [0.3, 0.4) is 0 Å². The minimum absolute atomic E-state index is 0.240. The number of H-pyrrole nitrogens is 1. The summed E-state index contributed by atoms with van der Waals surface area (Å²) in [5, 5.41) is 0. The van der Waals surface area contributed by atoms with E-state index in [1.807, 2.05) is 28.8 Å². The third-order valence-corrected chi connectivity index (χ3v) is 3.78. The highest BCUT2D eigenvalue weighted by molar-refractivity contribution is 7.71. The quantitative estimate of drug-likeness (QED) is 0.732. The number of imidazole rings is 1. The Morgan fingerprint density at radius 2 is 2.05 bits per heavy atom. The van der Waals surface area contributed by atoms with Crippen molar-refractivity contribution < 1.29 is 9.13 Å². The minimum atomic E-state index is -0.240. The second-order valence-electron chi connectivity index (χ2n) is 4.95. The van der Waals surface area contributed by atoms with Gasteiger partial charge in [0.2, 0.25) is 0 Å². The Bertz CT molecular complexity index is 866. The highest BCUT2D eigenvalue weighted by Crippen LogP contribution is 2.25. The number of hydrogen-bond donors (Lipinski definition) is 1. The van der Waals surface area contributed by atoms with E-state index in [4.69, 9.17) is 17.0 Å². The number of hydrogen-bond acceptors (Lipinski definition) is 2. The molecule has 3 nitrogen and oxygen atoms in total. The number of aryl methyl sites for hydroxylation is 1. The van der Waals surface area contributed by atoms with Gasteiger partial charge >= 0.3 is 0 Å². The lowest BCUT2D eigenvalue weighted by molar-refractivity contribution is 0.185. The molecule has 2 aromatic carbocycles. The van der Waals surface area contributed by atoms with E-state index in [1.165, 1.54) is 6.07 Å². The van der Waals surface area contributed by atoms with Gasteiger partial charge in [-0.25, -0.2) is 4.39 Å². The van der Waals surface area contributed by atoms with Crippen molar-refractivity contribution in [1.82, 2.24) is 9.55 Å². The first-order chi connectivity index (χ1) is 10.1. The first kappa shape index (κ1) is 14.0. The lowest BCUT2D eigenvalue weighted by atomic mass is 10.1. The number of aromatic amines is 1. The lowest BCUT2D eigenvalue weighted by Crippen LogP contribution is -2.01. The molecule has 0 saturated heterocycles. The van der Waals surface area contributed by atoms with Gasteiger partial charge in [-0.2, -0.15) is 0 Å². The smallest absolute Gasteiger partial charge is 0.182 e. The zero-order valence-corrected chi connectivity index (χ0v) is 12.6. The third kappa shape index (κ3) is 2.39. The maximum absolute atomic E-state index is 13.7. The predicted octanol–water partition coefficient (Wildman–Crippen LogP) is 4.28. The van der Waals surface area contributed by atoms with Gasteiger partial charge in [-0.05, 0) is 42.9 Å². The number of halogens is 1.